The second kappa shape index (κ2) is 7.09. The molecule has 2 heterocycles. The molecular weight excluding hydrogens is 330 g/mol. The van der Waals surface area contributed by atoms with Crippen molar-refractivity contribution in [1.82, 2.24) is 9.80 Å². The third-order valence-electron chi connectivity index (χ3n) is 5.84. The van der Waals surface area contributed by atoms with E-state index in [1.54, 1.807) is 17.0 Å². The Morgan fingerprint density at radius 1 is 1.00 bits per heavy atom. The van der Waals surface area contributed by atoms with Gasteiger partial charge in [0.05, 0.1) is 12.2 Å². The molecule has 0 radical (unpaired) electrons. The second-order valence-electron chi connectivity index (χ2n) is 7.55. The summed E-state index contributed by atoms with van der Waals surface area (Å²) in [5.74, 6) is 0.405. The van der Waals surface area contributed by atoms with Crippen LogP contribution in [0.5, 0.6) is 0 Å². The molecule has 6 heteroatoms. The van der Waals surface area contributed by atoms with Crippen molar-refractivity contribution in [2.45, 2.75) is 44.6 Å². The fourth-order valence-electron chi connectivity index (χ4n) is 4.43. The summed E-state index contributed by atoms with van der Waals surface area (Å²) >= 11 is 0. The average molecular weight is 355 g/mol. The van der Waals surface area contributed by atoms with Crippen LogP contribution in [0.4, 0.5) is 10.5 Å². The van der Waals surface area contributed by atoms with Crippen LogP contribution in [0.15, 0.2) is 30.3 Å². The van der Waals surface area contributed by atoms with Crippen LogP contribution >= 0.6 is 0 Å². The molecule has 26 heavy (non-hydrogen) atoms. The van der Waals surface area contributed by atoms with Crippen molar-refractivity contribution in [3.05, 3.63) is 30.3 Å². The molecule has 1 saturated carbocycles. The number of nitrogens with zero attached hydrogens (tertiary/aromatic N) is 3. The Balaban J connectivity index is 1.50. The Kier molecular flexibility index (Phi) is 4.66. The molecule has 138 valence electrons. The Morgan fingerprint density at radius 2 is 1.73 bits per heavy atom. The van der Waals surface area contributed by atoms with Gasteiger partial charge in [-0.05, 0) is 37.3 Å². The number of fused-ring (bicyclic) bond motifs is 1. The maximum Gasteiger partial charge on any atom is 0.332 e. The number of carbonyl (C=O) groups excluding carboxylic acids is 3. The molecule has 4 amide bonds. The van der Waals surface area contributed by atoms with E-state index in [-0.39, 0.29) is 17.8 Å². The Morgan fingerprint density at radius 3 is 2.46 bits per heavy atom. The van der Waals surface area contributed by atoms with Gasteiger partial charge in [-0.15, -0.1) is 0 Å². The van der Waals surface area contributed by atoms with Gasteiger partial charge < -0.3 is 9.80 Å². The predicted molar refractivity (Wildman–Crippen MR) is 97.6 cm³/mol. The summed E-state index contributed by atoms with van der Waals surface area (Å²) in [4.78, 5) is 43.2. The minimum absolute atomic E-state index is 0.136. The average Bonchev–Trinajstić information content (AvgIpc) is 3.14. The van der Waals surface area contributed by atoms with Gasteiger partial charge in [0, 0.05) is 19.5 Å². The molecule has 1 unspecified atom stereocenters. The molecule has 1 atom stereocenters. The van der Waals surface area contributed by atoms with E-state index < -0.39 is 6.04 Å². The van der Waals surface area contributed by atoms with Gasteiger partial charge in [-0.25, -0.2) is 9.69 Å². The summed E-state index contributed by atoms with van der Waals surface area (Å²) in [5.41, 5.74) is 0.597. The van der Waals surface area contributed by atoms with Gasteiger partial charge in [0.1, 0.15) is 6.04 Å². The fourth-order valence-corrected chi connectivity index (χ4v) is 4.43. The van der Waals surface area contributed by atoms with E-state index in [2.05, 4.69) is 0 Å². The molecule has 4 rings (SSSR count). The highest BCUT2D eigenvalue weighted by Crippen LogP contribution is 2.30. The number of para-hydroxylation sites is 1. The third-order valence-corrected chi connectivity index (χ3v) is 5.84. The number of benzene rings is 1. The highest BCUT2D eigenvalue weighted by atomic mass is 16.2. The van der Waals surface area contributed by atoms with Gasteiger partial charge in [0.15, 0.2) is 0 Å². The topological polar surface area (TPSA) is 60.9 Å². The van der Waals surface area contributed by atoms with Crippen molar-refractivity contribution in [3.8, 4) is 0 Å². The zero-order valence-corrected chi connectivity index (χ0v) is 15.0. The lowest BCUT2D eigenvalue weighted by atomic mass is 10.0. The summed E-state index contributed by atoms with van der Waals surface area (Å²) in [5, 5.41) is 0. The van der Waals surface area contributed by atoms with Crippen molar-refractivity contribution in [1.29, 1.82) is 0 Å². The van der Waals surface area contributed by atoms with Crippen LogP contribution in [0.25, 0.3) is 0 Å². The Bertz CT molecular complexity index is 700. The highest BCUT2D eigenvalue weighted by molar-refractivity contribution is 6.21. The first-order valence-corrected chi connectivity index (χ1v) is 9.62. The van der Waals surface area contributed by atoms with Gasteiger partial charge in [-0.1, -0.05) is 31.0 Å². The predicted octanol–water partition coefficient (Wildman–Crippen LogP) is 2.64. The molecule has 0 aromatic heterocycles. The fraction of sp³-hybridized carbons (Fsp3) is 0.550. The largest absolute Gasteiger partial charge is 0.340 e. The van der Waals surface area contributed by atoms with Crippen LogP contribution in [-0.2, 0) is 9.59 Å². The molecule has 1 aromatic carbocycles. The van der Waals surface area contributed by atoms with Crippen molar-refractivity contribution in [3.63, 3.8) is 0 Å². The Hall–Kier alpha value is -2.37. The maximum atomic E-state index is 12.9. The van der Waals surface area contributed by atoms with Crippen LogP contribution in [-0.4, -0.2) is 53.3 Å². The molecule has 2 saturated heterocycles. The van der Waals surface area contributed by atoms with Gasteiger partial charge >= 0.3 is 6.03 Å². The summed E-state index contributed by atoms with van der Waals surface area (Å²) in [7, 11) is 0. The van der Waals surface area contributed by atoms with Gasteiger partial charge in [-0.3, -0.25) is 9.59 Å². The van der Waals surface area contributed by atoms with E-state index in [4.69, 9.17) is 0 Å². The first-order chi connectivity index (χ1) is 12.6. The minimum atomic E-state index is -0.558. The molecule has 0 N–H and O–H groups in total. The SMILES string of the molecule is O=C(CC1CCCC1)N1CCCN2C(=O)N(c3ccccc3)C(=O)C2C1. The lowest BCUT2D eigenvalue weighted by Gasteiger charge is -2.24. The van der Waals surface area contributed by atoms with E-state index >= 15 is 0 Å². The molecular formula is C20H25N3O3. The van der Waals surface area contributed by atoms with E-state index in [9.17, 15) is 14.4 Å². The number of hydrogen-bond donors (Lipinski definition) is 0. The quantitative estimate of drug-likeness (QED) is 0.783. The van der Waals surface area contributed by atoms with Crippen LogP contribution in [0.3, 0.4) is 0 Å². The summed E-state index contributed by atoms with van der Waals surface area (Å²) in [6.07, 6.45) is 6.00. The molecule has 0 bridgehead atoms. The summed E-state index contributed by atoms with van der Waals surface area (Å²) in [6, 6.07) is 8.20. The second-order valence-corrected chi connectivity index (χ2v) is 7.55. The van der Waals surface area contributed by atoms with Crippen molar-refractivity contribution >= 4 is 23.5 Å². The summed E-state index contributed by atoms with van der Waals surface area (Å²) < 4.78 is 0. The standard InChI is InChI=1S/C20H25N3O3/c24-18(13-15-7-4-5-8-15)21-11-6-12-22-17(14-21)19(25)23(20(22)26)16-9-2-1-3-10-16/h1-3,9-10,15,17H,4-8,11-14H2. The lowest BCUT2D eigenvalue weighted by molar-refractivity contribution is -0.133. The van der Waals surface area contributed by atoms with Gasteiger partial charge in [0.2, 0.25) is 5.91 Å². The summed E-state index contributed by atoms with van der Waals surface area (Å²) in [6.45, 7) is 1.47. The van der Waals surface area contributed by atoms with Crippen LogP contribution in [0.1, 0.15) is 38.5 Å². The molecule has 0 spiro atoms. The van der Waals surface area contributed by atoms with E-state index in [1.165, 1.54) is 17.7 Å². The number of imide groups is 1. The number of amides is 4. The molecule has 3 fully saturated rings. The van der Waals surface area contributed by atoms with Crippen molar-refractivity contribution in [2.24, 2.45) is 5.92 Å². The number of hydrogen-bond acceptors (Lipinski definition) is 3. The number of anilines is 1. The van der Waals surface area contributed by atoms with Crippen molar-refractivity contribution in [2.75, 3.05) is 24.5 Å². The molecule has 1 aromatic rings. The van der Waals surface area contributed by atoms with Crippen molar-refractivity contribution < 1.29 is 14.4 Å². The first-order valence-electron chi connectivity index (χ1n) is 9.62. The maximum absolute atomic E-state index is 12.9. The number of urea groups is 1. The zero-order valence-electron chi connectivity index (χ0n) is 15.0. The number of rotatable bonds is 3. The van der Waals surface area contributed by atoms with Gasteiger partial charge in [0.25, 0.3) is 5.91 Å². The molecule has 6 nitrogen and oxygen atoms in total. The van der Waals surface area contributed by atoms with E-state index in [1.807, 2.05) is 23.1 Å². The number of carbonyl (C=O) groups is 3. The third kappa shape index (κ3) is 3.08. The normalized spacial score (nSPS) is 24.2. The highest BCUT2D eigenvalue weighted by Gasteiger charge is 2.47. The smallest absolute Gasteiger partial charge is 0.332 e. The molecule has 1 aliphatic carbocycles. The minimum Gasteiger partial charge on any atom is -0.340 e. The van der Waals surface area contributed by atoms with Crippen LogP contribution in [0, 0.1) is 5.92 Å². The van der Waals surface area contributed by atoms with Gasteiger partial charge in [-0.2, -0.15) is 0 Å². The molecule has 2 aliphatic heterocycles. The lowest BCUT2D eigenvalue weighted by Crippen LogP contribution is -2.44. The Labute approximate surface area is 153 Å². The molecule has 3 aliphatic rings. The monoisotopic (exact) mass is 355 g/mol. The van der Waals surface area contributed by atoms with E-state index in [0.717, 1.165) is 12.8 Å². The first kappa shape index (κ1) is 17.1. The van der Waals surface area contributed by atoms with Crippen LogP contribution in [0.2, 0.25) is 0 Å². The van der Waals surface area contributed by atoms with Crippen LogP contribution < -0.4 is 4.90 Å². The van der Waals surface area contributed by atoms with E-state index in [0.29, 0.717) is 44.1 Å². The zero-order chi connectivity index (χ0) is 18.1.